The minimum Gasteiger partial charge on any atom is -0.373 e. The first-order valence-electron chi connectivity index (χ1n) is 4.45. The fraction of sp³-hybridized carbons (Fsp3) is 0.778. The van der Waals surface area contributed by atoms with Gasteiger partial charge in [0.25, 0.3) is 0 Å². The van der Waals surface area contributed by atoms with Crippen LogP contribution in [-0.4, -0.2) is 43.9 Å². The molecule has 2 rings (SSSR count). The van der Waals surface area contributed by atoms with Gasteiger partial charge in [-0.3, -0.25) is 0 Å². The van der Waals surface area contributed by atoms with Gasteiger partial charge in [0.1, 0.15) is 0 Å². The van der Waals surface area contributed by atoms with Crippen LogP contribution in [0, 0.1) is 0 Å². The molecular weight excluding hydrogens is 171 g/mol. The molecule has 0 aromatic carbocycles. The maximum atomic E-state index is 5.23. The van der Waals surface area contributed by atoms with Crippen molar-refractivity contribution >= 4 is 7.92 Å². The molecule has 0 radical (unpaired) electrons. The van der Waals surface area contributed by atoms with Crippen LogP contribution in [0.15, 0.2) is 12.7 Å². The lowest BCUT2D eigenvalue weighted by Gasteiger charge is -2.12. The molecule has 12 heavy (non-hydrogen) atoms. The molecule has 0 bridgehead atoms. The number of allylic oxidation sites excluding steroid dienone is 1. The molecule has 0 aromatic rings. The highest BCUT2D eigenvalue weighted by molar-refractivity contribution is 7.58. The summed E-state index contributed by atoms with van der Waals surface area (Å²) in [6, 6.07) is 0. The Morgan fingerprint density at radius 3 is 2.08 bits per heavy atom. The van der Waals surface area contributed by atoms with Crippen LogP contribution in [0.2, 0.25) is 0 Å². The number of epoxide rings is 2. The molecule has 2 fully saturated rings. The van der Waals surface area contributed by atoms with Crippen LogP contribution in [-0.2, 0) is 9.47 Å². The normalized spacial score (nSPS) is 34.3. The summed E-state index contributed by atoms with van der Waals surface area (Å²) in [5, 5.41) is 0. The molecule has 0 aliphatic carbocycles. The minimum atomic E-state index is 0.117. The number of rotatable bonds is 6. The van der Waals surface area contributed by atoms with E-state index in [-0.39, 0.29) is 7.92 Å². The molecule has 2 aliphatic rings. The van der Waals surface area contributed by atoms with Gasteiger partial charge in [0.15, 0.2) is 0 Å². The molecule has 2 atom stereocenters. The Kier molecular flexibility index (Phi) is 2.80. The average Bonchev–Trinajstić information content (AvgIpc) is 2.82. The SMILES string of the molecule is C=CCP(CC1CO1)CC1CO1. The van der Waals surface area contributed by atoms with E-state index in [2.05, 4.69) is 6.58 Å². The van der Waals surface area contributed by atoms with Gasteiger partial charge in [-0.05, 0) is 18.5 Å². The summed E-state index contributed by atoms with van der Waals surface area (Å²) in [6.45, 7) is 5.77. The first-order valence-corrected chi connectivity index (χ1v) is 6.34. The molecule has 0 aromatic heterocycles. The highest BCUT2D eigenvalue weighted by Gasteiger charge is 2.30. The first-order chi connectivity index (χ1) is 5.88. The van der Waals surface area contributed by atoms with Gasteiger partial charge in [0.05, 0.1) is 25.4 Å². The van der Waals surface area contributed by atoms with Crippen molar-refractivity contribution in [2.24, 2.45) is 0 Å². The molecule has 0 N–H and O–H groups in total. The Labute approximate surface area is 74.7 Å². The fourth-order valence-electron chi connectivity index (χ4n) is 1.33. The third-order valence-corrected chi connectivity index (χ3v) is 4.74. The zero-order valence-electron chi connectivity index (χ0n) is 7.24. The predicted octanol–water partition coefficient (Wildman–Crippen LogP) is 1.45. The molecule has 2 saturated heterocycles. The molecule has 2 nitrogen and oxygen atoms in total. The maximum Gasteiger partial charge on any atom is 0.0849 e. The molecule has 68 valence electrons. The van der Waals surface area contributed by atoms with Gasteiger partial charge in [-0.1, -0.05) is 14.0 Å². The highest BCUT2D eigenvalue weighted by atomic mass is 31.1. The Bertz CT molecular complexity index is 150. The third kappa shape index (κ3) is 2.85. The van der Waals surface area contributed by atoms with Crippen LogP contribution < -0.4 is 0 Å². The van der Waals surface area contributed by atoms with E-state index in [4.69, 9.17) is 9.47 Å². The predicted molar refractivity (Wildman–Crippen MR) is 51.2 cm³/mol. The lowest BCUT2D eigenvalue weighted by molar-refractivity contribution is 0.421. The second-order valence-electron chi connectivity index (χ2n) is 3.42. The lowest BCUT2D eigenvalue weighted by Crippen LogP contribution is -2.03. The zero-order chi connectivity index (χ0) is 8.39. The van der Waals surface area contributed by atoms with Crippen molar-refractivity contribution in [3.05, 3.63) is 12.7 Å². The molecular formula is C9H15O2P. The summed E-state index contributed by atoms with van der Waals surface area (Å²) in [7, 11) is 0.117. The Balaban J connectivity index is 1.69. The van der Waals surface area contributed by atoms with E-state index < -0.39 is 0 Å². The number of ether oxygens (including phenoxy) is 2. The summed E-state index contributed by atoms with van der Waals surface area (Å²) < 4.78 is 10.5. The second kappa shape index (κ2) is 3.87. The Morgan fingerprint density at radius 2 is 1.75 bits per heavy atom. The highest BCUT2D eigenvalue weighted by Crippen LogP contribution is 2.42. The molecule has 2 heterocycles. The Hall–Kier alpha value is 0.0900. The van der Waals surface area contributed by atoms with Crippen LogP contribution in [0.25, 0.3) is 0 Å². The van der Waals surface area contributed by atoms with Crippen LogP contribution in [0.3, 0.4) is 0 Å². The van der Waals surface area contributed by atoms with E-state index in [1.807, 2.05) is 6.08 Å². The van der Waals surface area contributed by atoms with E-state index in [0.29, 0.717) is 12.2 Å². The standard InChI is InChI=1S/C9H15O2P/c1-2-3-12(6-8-4-10-8)7-9-5-11-9/h2,8-9H,1,3-7H2. The van der Waals surface area contributed by atoms with Crippen LogP contribution in [0.1, 0.15) is 0 Å². The van der Waals surface area contributed by atoms with Crippen LogP contribution in [0.4, 0.5) is 0 Å². The first kappa shape index (κ1) is 8.68. The van der Waals surface area contributed by atoms with Gasteiger partial charge in [-0.25, -0.2) is 0 Å². The molecule has 0 spiro atoms. The van der Waals surface area contributed by atoms with Gasteiger partial charge >= 0.3 is 0 Å². The van der Waals surface area contributed by atoms with Crippen molar-refractivity contribution in [3.8, 4) is 0 Å². The van der Waals surface area contributed by atoms with E-state index in [1.165, 1.54) is 18.5 Å². The Morgan fingerprint density at radius 1 is 1.25 bits per heavy atom. The second-order valence-corrected chi connectivity index (χ2v) is 5.85. The molecule has 0 saturated carbocycles. The summed E-state index contributed by atoms with van der Waals surface area (Å²) in [4.78, 5) is 0. The lowest BCUT2D eigenvalue weighted by atomic mass is 10.6. The minimum absolute atomic E-state index is 0.117. The molecule has 0 amide bonds. The zero-order valence-corrected chi connectivity index (χ0v) is 8.13. The van der Waals surface area contributed by atoms with E-state index in [9.17, 15) is 0 Å². The monoisotopic (exact) mass is 186 g/mol. The van der Waals surface area contributed by atoms with Crippen molar-refractivity contribution in [2.75, 3.05) is 31.7 Å². The summed E-state index contributed by atoms with van der Waals surface area (Å²) in [6.07, 6.45) is 6.90. The summed E-state index contributed by atoms with van der Waals surface area (Å²) in [5.41, 5.74) is 0. The van der Waals surface area contributed by atoms with Gasteiger partial charge in [-0.2, -0.15) is 0 Å². The smallest absolute Gasteiger partial charge is 0.0849 e. The van der Waals surface area contributed by atoms with Gasteiger partial charge in [-0.15, -0.1) is 6.58 Å². The molecule has 3 heteroatoms. The molecule has 2 unspecified atom stereocenters. The fourth-order valence-corrected chi connectivity index (χ4v) is 3.71. The van der Waals surface area contributed by atoms with Crippen LogP contribution in [0.5, 0.6) is 0 Å². The topological polar surface area (TPSA) is 25.1 Å². The number of hydrogen-bond donors (Lipinski definition) is 0. The van der Waals surface area contributed by atoms with Crippen molar-refractivity contribution in [2.45, 2.75) is 12.2 Å². The largest absolute Gasteiger partial charge is 0.373 e. The third-order valence-electron chi connectivity index (χ3n) is 2.12. The van der Waals surface area contributed by atoms with Gasteiger partial charge in [0.2, 0.25) is 0 Å². The number of hydrogen-bond acceptors (Lipinski definition) is 2. The summed E-state index contributed by atoms with van der Waals surface area (Å²) in [5.74, 6) is 0. The molecule has 2 aliphatic heterocycles. The van der Waals surface area contributed by atoms with E-state index in [0.717, 1.165) is 13.2 Å². The van der Waals surface area contributed by atoms with Gasteiger partial charge < -0.3 is 9.47 Å². The van der Waals surface area contributed by atoms with Crippen molar-refractivity contribution < 1.29 is 9.47 Å². The van der Waals surface area contributed by atoms with Gasteiger partial charge in [0, 0.05) is 0 Å². The van der Waals surface area contributed by atoms with E-state index >= 15 is 0 Å². The maximum absolute atomic E-state index is 5.23. The van der Waals surface area contributed by atoms with Crippen molar-refractivity contribution in [3.63, 3.8) is 0 Å². The summed E-state index contributed by atoms with van der Waals surface area (Å²) >= 11 is 0. The van der Waals surface area contributed by atoms with Crippen molar-refractivity contribution in [1.82, 2.24) is 0 Å². The van der Waals surface area contributed by atoms with E-state index in [1.54, 1.807) is 0 Å². The van der Waals surface area contributed by atoms with Crippen LogP contribution >= 0.6 is 7.92 Å². The average molecular weight is 186 g/mol. The quantitative estimate of drug-likeness (QED) is 0.356. The van der Waals surface area contributed by atoms with Crippen molar-refractivity contribution in [1.29, 1.82) is 0 Å².